The Morgan fingerprint density at radius 2 is 1.92 bits per heavy atom. The lowest BCUT2D eigenvalue weighted by Crippen LogP contribution is -2.50. The minimum absolute atomic E-state index is 0.0979. The van der Waals surface area contributed by atoms with E-state index in [0.29, 0.717) is 43.2 Å². The number of carbonyl (C=O) groups excluding carboxylic acids is 1. The molecule has 1 saturated heterocycles. The van der Waals surface area contributed by atoms with Gasteiger partial charge in [0.05, 0.1) is 16.7 Å². The lowest BCUT2D eigenvalue weighted by molar-refractivity contribution is 0.0698. The molecule has 0 spiro atoms. The summed E-state index contributed by atoms with van der Waals surface area (Å²) in [4.78, 5) is 16.4. The molecule has 0 atom stereocenters. The van der Waals surface area contributed by atoms with Crippen LogP contribution in [0.5, 0.6) is 0 Å². The molecule has 1 amide bonds. The molecule has 0 N–H and O–H groups in total. The maximum atomic E-state index is 12.8. The summed E-state index contributed by atoms with van der Waals surface area (Å²) in [7, 11) is -3.50. The van der Waals surface area contributed by atoms with Gasteiger partial charge >= 0.3 is 0 Å². The number of amides is 1. The van der Waals surface area contributed by atoms with Crippen molar-refractivity contribution in [3.63, 3.8) is 0 Å². The molecule has 0 radical (unpaired) electrons. The molecule has 0 bridgehead atoms. The third kappa shape index (κ3) is 3.49. The Balaban J connectivity index is 1.69. The second-order valence-corrected chi connectivity index (χ2v) is 9.43. The van der Waals surface area contributed by atoms with Crippen LogP contribution in [0.1, 0.15) is 27.0 Å². The van der Waals surface area contributed by atoms with Crippen molar-refractivity contribution < 1.29 is 13.2 Å². The number of carbonyl (C=O) groups is 1. The number of aryl methyl sites for hydroxylation is 3. The van der Waals surface area contributed by atoms with Crippen LogP contribution >= 0.6 is 11.3 Å². The normalized spacial score (nSPS) is 16.4. The van der Waals surface area contributed by atoms with Crippen LogP contribution in [0.4, 0.5) is 0 Å². The lowest BCUT2D eigenvalue weighted by Gasteiger charge is -2.33. The second kappa shape index (κ2) is 6.89. The molecule has 2 aromatic heterocycles. The van der Waals surface area contributed by atoms with Gasteiger partial charge in [0, 0.05) is 48.7 Å². The molecule has 2 aromatic rings. The molecule has 3 heterocycles. The predicted molar refractivity (Wildman–Crippen MR) is 96.4 cm³/mol. The van der Waals surface area contributed by atoms with Gasteiger partial charge in [0.1, 0.15) is 0 Å². The quantitative estimate of drug-likeness (QED) is 0.807. The van der Waals surface area contributed by atoms with Crippen molar-refractivity contribution in [2.24, 2.45) is 0 Å². The van der Waals surface area contributed by atoms with E-state index in [1.807, 2.05) is 20.8 Å². The number of nitrogens with zero attached hydrogens (tertiary/aromatic N) is 4. The van der Waals surface area contributed by atoms with Crippen LogP contribution in [0.25, 0.3) is 0 Å². The standard InChI is InChI=1S/C16H22N4O3S2/c1-4-19-11-14(10-17-19)16(21)18-5-7-20(8-6-18)25(22,23)15-9-12(2)24-13(15)3/h9-11H,4-8H2,1-3H3. The van der Waals surface area contributed by atoms with Crippen LogP contribution in [-0.4, -0.2) is 59.5 Å². The first kappa shape index (κ1) is 18.1. The topological polar surface area (TPSA) is 75.5 Å². The fourth-order valence-electron chi connectivity index (χ4n) is 2.96. The van der Waals surface area contributed by atoms with Crippen molar-refractivity contribution in [1.29, 1.82) is 0 Å². The van der Waals surface area contributed by atoms with E-state index >= 15 is 0 Å². The number of hydrogen-bond donors (Lipinski definition) is 0. The van der Waals surface area contributed by atoms with E-state index in [9.17, 15) is 13.2 Å². The molecule has 9 heteroatoms. The Labute approximate surface area is 151 Å². The Morgan fingerprint density at radius 1 is 1.24 bits per heavy atom. The molecule has 0 unspecified atom stereocenters. The Kier molecular flexibility index (Phi) is 4.99. The Morgan fingerprint density at radius 3 is 2.44 bits per heavy atom. The average molecular weight is 383 g/mol. The van der Waals surface area contributed by atoms with Gasteiger partial charge in [-0.15, -0.1) is 11.3 Å². The predicted octanol–water partition coefficient (Wildman–Crippen LogP) is 1.73. The summed E-state index contributed by atoms with van der Waals surface area (Å²) in [6, 6.07) is 1.73. The Bertz CT molecular complexity index is 877. The molecule has 3 rings (SSSR count). The van der Waals surface area contributed by atoms with Crippen molar-refractivity contribution >= 4 is 27.3 Å². The molecule has 0 aliphatic carbocycles. The molecular weight excluding hydrogens is 360 g/mol. The number of hydrogen-bond acceptors (Lipinski definition) is 5. The minimum atomic E-state index is -3.50. The van der Waals surface area contributed by atoms with Gasteiger partial charge in [-0.2, -0.15) is 9.40 Å². The Hall–Kier alpha value is -1.71. The summed E-state index contributed by atoms with van der Waals surface area (Å²) >= 11 is 1.49. The highest BCUT2D eigenvalue weighted by atomic mass is 32.2. The van der Waals surface area contributed by atoms with E-state index in [0.717, 1.165) is 9.75 Å². The van der Waals surface area contributed by atoms with Gasteiger partial charge in [-0.25, -0.2) is 8.42 Å². The van der Waals surface area contributed by atoms with Gasteiger partial charge in [0.2, 0.25) is 10.0 Å². The van der Waals surface area contributed by atoms with Gasteiger partial charge < -0.3 is 4.90 Å². The van der Waals surface area contributed by atoms with Gasteiger partial charge in [0.25, 0.3) is 5.91 Å². The van der Waals surface area contributed by atoms with Gasteiger partial charge in [-0.05, 0) is 26.8 Å². The van der Waals surface area contributed by atoms with E-state index in [-0.39, 0.29) is 5.91 Å². The fourth-order valence-corrected chi connectivity index (χ4v) is 5.91. The zero-order chi connectivity index (χ0) is 18.2. The summed E-state index contributed by atoms with van der Waals surface area (Å²) in [6.45, 7) is 7.79. The smallest absolute Gasteiger partial charge is 0.257 e. The molecule has 0 saturated carbocycles. The van der Waals surface area contributed by atoms with E-state index in [1.54, 1.807) is 28.0 Å². The van der Waals surface area contributed by atoms with Crippen LogP contribution in [0.2, 0.25) is 0 Å². The van der Waals surface area contributed by atoms with E-state index in [4.69, 9.17) is 0 Å². The van der Waals surface area contributed by atoms with Crippen molar-refractivity contribution in [3.05, 3.63) is 33.8 Å². The van der Waals surface area contributed by atoms with E-state index in [2.05, 4.69) is 5.10 Å². The van der Waals surface area contributed by atoms with Gasteiger partial charge in [0.15, 0.2) is 0 Å². The van der Waals surface area contributed by atoms with Crippen molar-refractivity contribution in [2.75, 3.05) is 26.2 Å². The number of sulfonamides is 1. The summed E-state index contributed by atoms with van der Waals surface area (Å²) in [6.07, 6.45) is 3.29. The minimum Gasteiger partial charge on any atom is -0.336 e. The monoisotopic (exact) mass is 382 g/mol. The lowest BCUT2D eigenvalue weighted by atomic mass is 10.2. The molecule has 0 aromatic carbocycles. The highest BCUT2D eigenvalue weighted by Gasteiger charge is 2.32. The van der Waals surface area contributed by atoms with E-state index < -0.39 is 10.0 Å². The summed E-state index contributed by atoms with van der Waals surface area (Å²) < 4.78 is 28.8. The van der Waals surface area contributed by atoms with Crippen molar-refractivity contribution in [2.45, 2.75) is 32.2 Å². The largest absolute Gasteiger partial charge is 0.336 e. The SMILES string of the molecule is CCn1cc(C(=O)N2CCN(S(=O)(=O)c3cc(C)sc3C)CC2)cn1. The van der Waals surface area contributed by atoms with Gasteiger partial charge in [-0.1, -0.05) is 0 Å². The second-order valence-electron chi connectivity index (χ2n) is 6.06. The molecule has 1 aliphatic rings. The first-order valence-corrected chi connectivity index (χ1v) is 10.5. The maximum Gasteiger partial charge on any atom is 0.257 e. The van der Waals surface area contributed by atoms with Crippen LogP contribution in [0, 0.1) is 13.8 Å². The molecular formula is C16H22N4O3S2. The summed E-state index contributed by atoms with van der Waals surface area (Å²) in [5.74, 6) is -0.0979. The van der Waals surface area contributed by atoms with Crippen LogP contribution in [-0.2, 0) is 16.6 Å². The number of aromatic nitrogens is 2. The van der Waals surface area contributed by atoms with Crippen molar-refractivity contribution in [1.82, 2.24) is 19.0 Å². The highest BCUT2D eigenvalue weighted by molar-refractivity contribution is 7.89. The maximum absolute atomic E-state index is 12.8. The number of thiophene rings is 1. The molecule has 1 fully saturated rings. The zero-order valence-electron chi connectivity index (χ0n) is 14.6. The first-order valence-electron chi connectivity index (χ1n) is 8.22. The molecule has 1 aliphatic heterocycles. The molecule has 7 nitrogen and oxygen atoms in total. The third-order valence-corrected chi connectivity index (χ3v) is 7.46. The van der Waals surface area contributed by atoms with E-state index in [1.165, 1.54) is 15.6 Å². The molecule has 25 heavy (non-hydrogen) atoms. The van der Waals surface area contributed by atoms with Crippen molar-refractivity contribution in [3.8, 4) is 0 Å². The fraction of sp³-hybridized carbons (Fsp3) is 0.500. The zero-order valence-corrected chi connectivity index (χ0v) is 16.2. The van der Waals surface area contributed by atoms with Gasteiger partial charge in [-0.3, -0.25) is 9.48 Å². The number of rotatable bonds is 4. The van der Waals surface area contributed by atoms with Crippen LogP contribution < -0.4 is 0 Å². The summed E-state index contributed by atoms with van der Waals surface area (Å²) in [5, 5.41) is 4.12. The van der Waals surface area contributed by atoms with Crippen LogP contribution in [0.3, 0.4) is 0 Å². The van der Waals surface area contributed by atoms with Crippen LogP contribution in [0.15, 0.2) is 23.4 Å². The third-order valence-electron chi connectivity index (χ3n) is 4.34. The first-order chi connectivity index (χ1) is 11.8. The highest BCUT2D eigenvalue weighted by Crippen LogP contribution is 2.28. The average Bonchev–Trinajstić information content (AvgIpc) is 3.20. The molecule has 136 valence electrons. The number of piperazine rings is 1. The summed E-state index contributed by atoms with van der Waals surface area (Å²) in [5.41, 5.74) is 0.544.